The molecule has 16 heavy (non-hydrogen) atoms. The van der Waals surface area contributed by atoms with Crippen molar-refractivity contribution >= 4 is 11.6 Å². The number of ether oxygens (including phenoxy) is 1. The van der Waals surface area contributed by atoms with E-state index in [4.69, 9.17) is 16.3 Å². The lowest BCUT2D eigenvalue weighted by Crippen LogP contribution is -2.35. The van der Waals surface area contributed by atoms with Gasteiger partial charge in [0.2, 0.25) is 0 Å². The molecule has 1 fully saturated rings. The predicted molar refractivity (Wildman–Crippen MR) is 67.3 cm³/mol. The second-order valence-corrected chi connectivity index (χ2v) is 4.72. The third-order valence-electron chi connectivity index (χ3n) is 3.14. The molecule has 88 valence electrons. The van der Waals surface area contributed by atoms with E-state index < -0.39 is 0 Å². The number of methoxy groups -OCH3 is 1. The summed E-state index contributed by atoms with van der Waals surface area (Å²) in [5, 5.41) is 4.35. The van der Waals surface area contributed by atoms with Gasteiger partial charge in [0.25, 0.3) is 0 Å². The number of rotatable bonds is 3. The first kappa shape index (κ1) is 11.7. The highest BCUT2D eigenvalue weighted by Gasteiger charge is 2.14. The van der Waals surface area contributed by atoms with E-state index in [-0.39, 0.29) is 0 Å². The Balaban J connectivity index is 2.03. The molecule has 0 amide bonds. The van der Waals surface area contributed by atoms with Crippen molar-refractivity contribution in [3.05, 3.63) is 28.8 Å². The quantitative estimate of drug-likeness (QED) is 0.876. The van der Waals surface area contributed by atoms with E-state index in [2.05, 4.69) is 11.4 Å². The molecule has 2 nitrogen and oxygen atoms in total. The molecule has 0 radical (unpaired) electrons. The Bertz CT molecular complexity index is 348. The highest BCUT2D eigenvalue weighted by atomic mass is 35.5. The Hall–Kier alpha value is -0.730. The summed E-state index contributed by atoms with van der Waals surface area (Å²) >= 11 is 6.22. The van der Waals surface area contributed by atoms with Gasteiger partial charge in [0.1, 0.15) is 5.75 Å². The number of hydrogen-bond acceptors (Lipinski definition) is 2. The smallest absolute Gasteiger partial charge is 0.120 e. The van der Waals surface area contributed by atoms with Gasteiger partial charge in [-0.25, -0.2) is 0 Å². The zero-order valence-corrected chi connectivity index (χ0v) is 10.4. The van der Waals surface area contributed by atoms with Crippen LogP contribution in [-0.2, 0) is 6.42 Å². The summed E-state index contributed by atoms with van der Waals surface area (Å²) in [4.78, 5) is 0. The molecule has 1 aliphatic rings. The van der Waals surface area contributed by atoms with Crippen LogP contribution in [0.1, 0.15) is 24.8 Å². The Kier molecular flexibility index (Phi) is 4.08. The third-order valence-corrected chi connectivity index (χ3v) is 3.49. The molecule has 1 heterocycles. The molecule has 3 heteroatoms. The molecule has 0 bridgehead atoms. The Morgan fingerprint density at radius 3 is 2.94 bits per heavy atom. The molecule has 1 saturated heterocycles. The Labute approximate surface area is 102 Å². The zero-order chi connectivity index (χ0) is 11.4. The lowest BCUT2D eigenvalue weighted by atomic mass is 9.98. The molecule has 2 rings (SSSR count). The second-order valence-electron chi connectivity index (χ2n) is 4.31. The van der Waals surface area contributed by atoms with E-state index in [1.165, 1.54) is 24.8 Å². The van der Waals surface area contributed by atoms with Crippen molar-refractivity contribution in [1.82, 2.24) is 5.32 Å². The maximum atomic E-state index is 6.22. The Morgan fingerprint density at radius 1 is 1.44 bits per heavy atom. The molecule has 0 saturated carbocycles. The van der Waals surface area contributed by atoms with Crippen LogP contribution in [0.2, 0.25) is 5.02 Å². The molecule has 0 aliphatic carbocycles. The van der Waals surface area contributed by atoms with Crippen molar-refractivity contribution in [3.8, 4) is 5.75 Å². The van der Waals surface area contributed by atoms with Crippen LogP contribution in [0.3, 0.4) is 0 Å². The molecular formula is C13H18ClNO. The number of halogens is 1. The zero-order valence-electron chi connectivity index (χ0n) is 9.63. The van der Waals surface area contributed by atoms with Gasteiger partial charge in [-0.05, 0) is 43.5 Å². The first-order valence-electron chi connectivity index (χ1n) is 5.85. The monoisotopic (exact) mass is 239 g/mol. The molecule has 1 unspecified atom stereocenters. The summed E-state index contributed by atoms with van der Waals surface area (Å²) in [6, 6.07) is 6.51. The van der Waals surface area contributed by atoms with Crippen LogP contribution in [0, 0.1) is 0 Å². The fraction of sp³-hybridized carbons (Fsp3) is 0.538. The van der Waals surface area contributed by atoms with Crippen molar-refractivity contribution < 1.29 is 4.74 Å². The predicted octanol–water partition coefficient (Wildman–Crippen LogP) is 3.03. The van der Waals surface area contributed by atoms with Crippen LogP contribution in [0.25, 0.3) is 0 Å². The topological polar surface area (TPSA) is 21.3 Å². The van der Waals surface area contributed by atoms with Gasteiger partial charge < -0.3 is 10.1 Å². The maximum absolute atomic E-state index is 6.22. The summed E-state index contributed by atoms with van der Waals surface area (Å²) in [6.45, 7) is 1.14. The fourth-order valence-electron chi connectivity index (χ4n) is 2.18. The van der Waals surface area contributed by atoms with E-state index in [1.807, 2.05) is 12.1 Å². The number of hydrogen-bond donors (Lipinski definition) is 1. The first-order valence-corrected chi connectivity index (χ1v) is 6.23. The van der Waals surface area contributed by atoms with Crippen molar-refractivity contribution in [2.24, 2.45) is 0 Å². The SMILES string of the molecule is COc1ccc(CC2CCCCN2)c(Cl)c1. The van der Waals surface area contributed by atoms with E-state index in [1.54, 1.807) is 7.11 Å². The average Bonchev–Trinajstić information content (AvgIpc) is 2.33. The van der Waals surface area contributed by atoms with E-state index in [0.717, 1.165) is 23.7 Å². The van der Waals surface area contributed by atoms with Crippen LogP contribution >= 0.6 is 11.6 Å². The number of piperidine rings is 1. The fourth-order valence-corrected chi connectivity index (χ4v) is 2.43. The van der Waals surface area contributed by atoms with Gasteiger partial charge in [-0.2, -0.15) is 0 Å². The first-order chi connectivity index (χ1) is 7.79. The highest BCUT2D eigenvalue weighted by Crippen LogP contribution is 2.24. The number of benzene rings is 1. The normalized spacial score (nSPS) is 20.8. The van der Waals surface area contributed by atoms with Crippen LogP contribution in [0.15, 0.2) is 18.2 Å². The van der Waals surface area contributed by atoms with E-state index >= 15 is 0 Å². The van der Waals surface area contributed by atoms with Gasteiger partial charge in [0.05, 0.1) is 7.11 Å². The van der Waals surface area contributed by atoms with Gasteiger partial charge >= 0.3 is 0 Å². The number of nitrogens with one attached hydrogen (secondary N) is 1. The second kappa shape index (κ2) is 5.55. The molecule has 0 aromatic heterocycles. The molecule has 1 N–H and O–H groups in total. The summed E-state index contributed by atoms with van der Waals surface area (Å²) in [7, 11) is 1.66. The van der Waals surface area contributed by atoms with Gasteiger partial charge in [0.15, 0.2) is 0 Å². The van der Waals surface area contributed by atoms with E-state index in [9.17, 15) is 0 Å². The highest BCUT2D eigenvalue weighted by molar-refractivity contribution is 6.31. The largest absolute Gasteiger partial charge is 0.497 e. The van der Waals surface area contributed by atoms with Crippen LogP contribution in [0.4, 0.5) is 0 Å². The summed E-state index contributed by atoms with van der Waals surface area (Å²) < 4.78 is 5.14. The third kappa shape index (κ3) is 2.89. The van der Waals surface area contributed by atoms with Crippen LogP contribution in [0.5, 0.6) is 5.75 Å². The minimum atomic E-state index is 0.583. The van der Waals surface area contributed by atoms with Crippen molar-refractivity contribution in [1.29, 1.82) is 0 Å². The summed E-state index contributed by atoms with van der Waals surface area (Å²) in [6.07, 6.45) is 4.89. The lowest BCUT2D eigenvalue weighted by molar-refractivity contribution is 0.398. The Morgan fingerprint density at radius 2 is 2.31 bits per heavy atom. The summed E-state index contributed by atoms with van der Waals surface area (Å²) in [5.41, 5.74) is 1.21. The average molecular weight is 240 g/mol. The molecular weight excluding hydrogens is 222 g/mol. The van der Waals surface area contributed by atoms with Crippen LogP contribution < -0.4 is 10.1 Å². The minimum absolute atomic E-state index is 0.583. The van der Waals surface area contributed by atoms with E-state index in [0.29, 0.717) is 6.04 Å². The molecule has 1 aromatic carbocycles. The molecule has 1 atom stereocenters. The summed E-state index contributed by atoms with van der Waals surface area (Å²) in [5.74, 6) is 0.824. The van der Waals surface area contributed by atoms with Crippen molar-refractivity contribution in [2.75, 3.05) is 13.7 Å². The van der Waals surface area contributed by atoms with Gasteiger partial charge in [-0.3, -0.25) is 0 Å². The molecule has 1 aromatic rings. The lowest BCUT2D eigenvalue weighted by Gasteiger charge is -2.23. The van der Waals surface area contributed by atoms with Gasteiger partial charge in [-0.15, -0.1) is 0 Å². The minimum Gasteiger partial charge on any atom is -0.497 e. The standard InChI is InChI=1S/C13H18ClNO/c1-16-12-6-5-10(13(14)9-12)8-11-4-2-3-7-15-11/h5-6,9,11,15H,2-4,7-8H2,1H3. The van der Waals surface area contributed by atoms with Crippen molar-refractivity contribution in [3.63, 3.8) is 0 Å². The van der Waals surface area contributed by atoms with Crippen LogP contribution in [-0.4, -0.2) is 19.7 Å². The van der Waals surface area contributed by atoms with Gasteiger partial charge in [0, 0.05) is 11.1 Å². The maximum Gasteiger partial charge on any atom is 0.120 e. The molecule has 0 spiro atoms. The van der Waals surface area contributed by atoms with Gasteiger partial charge in [-0.1, -0.05) is 24.1 Å². The van der Waals surface area contributed by atoms with Crippen molar-refractivity contribution in [2.45, 2.75) is 31.7 Å². The molecule has 1 aliphatic heterocycles.